The summed E-state index contributed by atoms with van der Waals surface area (Å²) in [4.78, 5) is 12.5. The van der Waals surface area contributed by atoms with Gasteiger partial charge in [-0.15, -0.1) is 17.5 Å². The number of carbonyl (C=O) groups is 1. The molecule has 0 atom stereocenters. The van der Waals surface area contributed by atoms with Gasteiger partial charge in [0, 0.05) is 12.0 Å². The molecule has 1 aliphatic heterocycles. The Balaban J connectivity index is 0.00000261. The van der Waals surface area contributed by atoms with Gasteiger partial charge in [0.25, 0.3) is 5.91 Å². The number of aromatic nitrogens is 3. The SMILES string of the molecule is CC(C)(CNC(=O)c1cn(C2CCNCC2)nn1)c1ccc(Cl)c(Cl)c1.Cl. The predicted octanol–water partition coefficient (Wildman–Crippen LogP) is 3.64. The molecule has 9 heteroatoms. The molecule has 148 valence electrons. The van der Waals surface area contributed by atoms with Crippen molar-refractivity contribution in [3.8, 4) is 0 Å². The number of rotatable bonds is 5. The molecule has 1 aromatic heterocycles. The molecular formula is C18H24Cl3N5O. The van der Waals surface area contributed by atoms with Gasteiger partial charge >= 0.3 is 0 Å². The first-order valence-electron chi connectivity index (χ1n) is 8.73. The minimum atomic E-state index is -0.297. The minimum Gasteiger partial charge on any atom is -0.350 e. The molecule has 1 amide bonds. The zero-order chi connectivity index (χ0) is 18.7. The fraction of sp³-hybridized carbons (Fsp3) is 0.500. The third-order valence-electron chi connectivity index (χ3n) is 4.82. The number of halogens is 3. The van der Waals surface area contributed by atoms with E-state index < -0.39 is 0 Å². The van der Waals surface area contributed by atoms with Crippen LogP contribution in [-0.4, -0.2) is 40.5 Å². The topological polar surface area (TPSA) is 71.8 Å². The zero-order valence-electron chi connectivity index (χ0n) is 15.3. The maximum atomic E-state index is 12.5. The third kappa shape index (κ3) is 5.35. The Morgan fingerprint density at radius 1 is 1.30 bits per heavy atom. The van der Waals surface area contributed by atoms with Crippen LogP contribution < -0.4 is 10.6 Å². The second-order valence-corrected chi connectivity index (χ2v) is 8.07. The first-order valence-corrected chi connectivity index (χ1v) is 9.49. The highest BCUT2D eigenvalue weighted by molar-refractivity contribution is 6.42. The van der Waals surface area contributed by atoms with E-state index in [9.17, 15) is 4.79 Å². The molecule has 0 spiro atoms. The maximum Gasteiger partial charge on any atom is 0.273 e. The van der Waals surface area contributed by atoms with Crippen LogP contribution >= 0.6 is 35.6 Å². The summed E-state index contributed by atoms with van der Waals surface area (Å²) in [6.45, 7) is 6.45. The van der Waals surface area contributed by atoms with Crippen LogP contribution in [-0.2, 0) is 5.41 Å². The normalized spacial score (nSPS) is 15.3. The maximum absolute atomic E-state index is 12.5. The lowest BCUT2D eigenvalue weighted by Crippen LogP contribution is -2.36. The minimum absolute atomic E-state index is 0. The lowest BCUT2D eigenvalue weighted by atomic mass is 9.84. The van der Waals surface area contributed by atoms with E-state index in [1.807, 2.05) is 26.0 Å². The molecule has 1 saturated heterocycles. The van der Waals surface area contributed by atoms with Gasteiger partial charge in [-0.3, -0.25) is 4.79 Å². The Morgan fingerprint density at radius 3 is 2.67 bits per heavy atom. The van der Waals surface area contributed by atoms with Crippen molar-refractivity contribution in [2.45, 2.75) is 38.1 Å². The van der Waals surface area contributed by atoms with Gasteiger partial charge in [-0.05, 0) is 43.6 Å². The van der Waals surface area contributed by atoms with E-state index in [0.717, 1.165) is 31.5 Å². The quantitative estimate of drug-likeness (QED) is 0.756. The Bertz CT molecular complexity index is 787. The van der Waals surface area contributed by atoms with E-state index in [1.54, 1.807) is 16.9 Å². The highest BCUT2D eigenvalue weighted by atomic mass is 35.5. The molecule has 1 aliphatic rings. The molecular weight excluding hydrogens is 409 g/mol. The lowest BCUT2D eigenvalue weighted by Gasteiger charge is -2.26. The van der Waals surface area contributed by atoms with Crippen LogP contribution in [0.15, 0.2) is 24.4 Å². The summed E-state index contributed by atoms with van der Waals surface area (Å²) in [6, 6.07) is 5.84. The number of hydrogen-bond donors (Lipinski definition) is 2. The Hall–Kier alpha value is -1.34. The van der Waals surface area contributed by atoms with Crippen LogP contribution in [0.25, 0.3) is 0 Å². The number of hydrogen-bond acceptors (Lipinski definition) is 4. The molecule has 0 aliphatic carbocycles. The van der Waals surface area contributed by atoms with Crippen molar-refractivity contribution in [3.63, 3.8) is 0 Å². The van der Waals surface area contributed by atoms with Gasteiger partial charge in [-0.1, -0.05) is 48.3 Å². The zero-order valence-corrected chi connectivity index (χ0v) is 17.7. The summed E-state index contributed by atoms with van der Waals surface area (Å²) in [6.07, 6.45) is 3.72. The first-order chi connectivity index (χ1) is 12.4. The second-order valence-electron chi connectivity index (χ2n) is 7.26. The summed E-state index contributed by atoms with van der Waals surface area (Å²) in [5.41, 5.74) is 1.05. The van der Waals surface area contributed by atoms with Crippen LogP contribution in [0.3, 0.4) is 0 Å². The molecule has 2 heterocycles. The van der Waals surface area contributed by atoms with E-state index in [4.69, 9.17) is 23.2 Å². The fourth-order valence-corrected chi connectivity index (χ4v) is 3.34. The molecule has 6 nitrogen and oxygen atoms in total. The standard InChI is InChI=1S/C18H23Cl2N5O.ClH/c1-18(2,12-3-4-14(19)15(20)9-12)11-22-17(26)16-10-25(24-23-16)13-5-7-21-8-6-13;/h3-4,9-10,13,21H,5-8,11H2,1-2H3,(H,22,26);1H. The highest BCUT2D eigenvalue weighted by Crippen LogP contribution is 2.29. The first kappa shape index (κ1) is 22.0. The largest absolute Gasteiger partial charge is 0.350 e. The summed E-state index contributed by atoms with van der Waals surface area (Å²) in [5, 5.41) is 15.4. The van der Waals surface area contributed by atoms with Gasteiger partial charge in [0.05, 0.1) is 22.3 Å². The van der Waals surface area contributed by atoms with Gasteiger partial charge in [-0.2, -0.15) is 0 Å². The van der Waals surface area contributed by atoms with Crippen molar-refractivity contribution >= 4 is 41.5 Å². The number of nitrogens with zero attached hydrogens (tertiary/aromatic N) is 3. The molecule has 2 aromatic rings. The van der Waals surface area contributed by atoms with Gasteiger partial charge in [-0.25, -0.2) is 4.68 Å². The predicted molar refractivity (Wildman–Crippen MR) is 110 cm³/mol. The number of carbonyl (C=O) groups excluding carboxylic acids is 1. The van der Waals surface area contributed by atoms with Crippen LogP contribution in [0.4, 0.5) is 0 Å². The molecule has 0 radical (unpaired) electrons. The van der Waals surface area contributed by atoms with Crippen LogP contribution in [0.2, 0.25) is 10.0 Å². The van der Waals surface area contributed by atoms with Crippen LogP contribution in [0, 0.1) is 0 Å². The lowest BCUT2D eigenvalue weighted by molar-refractivity contribution is 0.0940. The van der Waals surface area contributed by atoms with E-state index in [-0.39, 0.29) is 23.7 Å². The molecule has 3 rings (SSSR count). The van der Waals surface area contributed by atoms with E-state index >= 15 is 0 Å². The van der Waals surface area contributed by atoms with Crippen molar-refractivity contribution in [1.82, 2.24) is 25.6 Å². The molecule has 0 saturated carbocycles. The van der Waals surface area contributed by atoms with E-state index in [2.05, 4.69) is 20.9 Å². The van der Waals surface area contributed by atoms with E-state index in [1.165, 1.54) is 0 Å². The van der Waals surface area contributed by atoms with Crippen molar-refractivity contribution < 1.29 is 4.79 Å². The number of piperidine rings is 1. The molecule has 2 N–H and O–H groups in total. The summed E-state index contributed by atoms with van der Waals surface area (Å²) in [7, 11) is 0. The molecule has 0 bridgehead atoms. The Labute approximate surface area is 175 Å². The average molecular weight is 433 g/mol. The number of benzene rings is 1. The summed E-state index contributed by atoms with van der Waals surface area (Å²) >= 11 is 12.1. The second kappa shape index (κ2) is 9.24. The Kier molecular flexibility index (Phi) is 7.51. The van der Waals surface area contributed by atoms with Crippen LogP contribution in [0.1, 0.15) is 48.8 Å². The van der Waals surface area contributed by atoms with Crippen LogP contribution in [0.5, 0.6) is 0 Å². The molecule has 1 aromatic carbocycles. The summed E-state index contributed by atoms with van der Waals surface area (Å²) in [5.74, 6) is -0.224. The molecule has 0 unspecified atom stereocenters. The number of nitrogens with one attached hydrogen (secondary N) is 2. The van der Waals surface area contributed by atoms with Gasteiger partial charge in [0.2, 0.25) is 0 Å². The molecule has 27 heavy (non-hydrogen) atoms. The van der Waals surface area contributed by atoms with E-state index in [0.29, 0.717) is 28.3 Å². The Morgan fingerprint density at radius 2 is 2.00 bits per heavy atom. The molecule has 1 fully saturated rings. The smallest absolute Gasteiger partial charge is 0.273 e. The third-order valence-corrected chi connectivity index (χ3v) is 5.56. The van der Waals surface area contributed by atoms with Crippen molar-refractivity contribution in [1.29, 1.82) is 0 Å². The monoisotopic (exact) mass is 431 g/mol. The highest BCUT2D eigenvalue weighted by Gasteiger charge is 2.24. The van der Waals surface area contributed by atoms with Crippen molar-refractivity contribution in [3.05, 3.63) is 45.7 Å². The van der Waals surface area contributed by atoms with Crippen molar-refractivity contribution in [2.75, 3.05) is 19.6 Å². The van der Waals surface area contributed by atoms with Crippen molar-refractivity contribution in [2.24, 2.45) is 0 Å². The summed E-state index contributed by atoms with van der Waals surface area (Å²) < 4.78 is 1.81. The van der Waals surface area contributed by atoms with Gasteiger partial charge in [0.1, 0.15) is 0 Å². The number of amides is 1. The van der Waals surface area contributed by atoms with Gasteiger partial charge in [0.15, 0.2) is 5.69 Å². The average Bonchev–Trinajstić information content (AvgIpc) is 3.13. The fourth-order valence-electron chi connectivity index (χ4n) is 3.04. The van der Waals surface area contributed by atoms with Gasteiger partial charge < -0.3 is 10.6 Å².